The number of Topliss-reactive ketones (excluding diaryl/α,β-unsaturated/α-hetero) is 1. The van der Waals surface area contributed by atoms with E-state index in [1.165, 1.54) is 30.4 Å². The Kier molecular flexibility index (Phi) is 4.32. The van der Waals surface area contributed by atoms with Crippen LogP contribution in [0.2, 0.25) is 0 Å². The molecule has 7 heteroatoms. The van der Waals surface area contributed by atoms with E-state index in [0.29, 0.717) is 10.6 Å². The molecule has 0 aliphatic rings. The Bertz CT molecular complexity index is 709. The van der Waals surface area contributed by atoms with Crippen molar-refractivity contribution in [1.29, 1.82) is 0 Å². The summed E-state index contributed by atoms with van der Waals surface area (Å²) in [6.07, 6.45) is 1.63. The van der Waals surface area contributed by atoms with E-state index in [1.54, 1.807) is 30.6 Å². The predicted molar refractivity (Wildman–Crippen MR) is 77.3 cm³/mol. The smallest absolute Gasteiger partial charge is 0.241 e. The highest BCUT2D eigenvalue weighted by molar-refractivity contribution is 7.89. The molecule has 1 N–H and O–H groups in total. The Morgan fingerprint density at radius 2 is 2.15 bits per heavy atom. The van der Waals surface area contributed by atoms with E-state index in [2.05, 4.69) is 9.71 Å². The van der Waals surface area contributed by atoms with E-state index < -0.39 is 16.1 Å². The van der Waals surface area contributed by atoms with Gasteiger partial charge in [0.2, 0.25) is 10.0 Å². The zero-order chi connectivity index (χ0) is 14.8. The number of nitrogens with zero attached hydrogens (tertiary/aromatic N) is 1. The summed E-state index contributed by atoms with van der Waals surface area (Å²) in [5, 5.41) is 2.48. The largest absolute Gasteiger partial charge is 0.295 e. The number of benzene rings is 1. The summed E-state index contributed by atoms with van der Waals surface area (Å²) >= 11 is 1.38. The van der Waals surface area contributed by atoms with Gasteiger partial charge in [-0.15, -0.1) is 11.3 Å². The van der Waals surface area contributed by atoms with Gasteiger partial charge in [0.1, 0.15) is 5.01 Å². The molecule has 1 atom stereocenters. The summed E-state index contributed by atoms with van der Waals surface area (Å²) in [5.74, 6) is -0.171. The molecule has 20 heavy (non-hydrogen) atoms. The van der Waals surface area contributed by atoms with Crippen molar-refractivity contribution in [3.05, 3.63) is 46.4 Å². The number of carbonyl (C=O) groups excluding carboxylic acids is 1. The lowest BCUT2D eigenvalue weighted by Gasteiger charge is -2.12. The molecule has 2 aromatic rings. The summed E-state index contributed by atoms with van der Waals surface area (Å²) in [6, 6.07) is 5.56. The van der Waals surface area contributed by atoms with Gasteiger partial charge >= 0.3 is 0 Å². The van der Waals surface area contributed by atoms with Crippen molar-refractivity contribution in [2.75, 3.05) is 0 Å². The van der Waals surface area contributed by atoms with Crippen LogP contribution in [-0.2, 0) is 10.0 Å². The lowest BCUT2D eigenvalue weighted by Crippen LogP contribution is -2.27. The number of rotatable bonds is 5. The number of sulfonamides is 1. The molecule has 106 valence electrons. The molecular formula is C13H14N2O3S2. The van der Waals surface area contributed by atoms with Gasteiger partial charge in [-0.25, -0.2) is 18.1 Å². The second kappa shape index (κ2) is 5.82. The van der Waals surface area contributed by atoms with Crippen LogP contribution < -0.4 is 4.72 Å². The topological polar surface area (TPSA) is 76.1 Å². The van der Waals surface area contributed by atoms with Gasteiger partial charge in [0, 0.05) is 17.1 Å². The number of nitrogens with one attached hydrogen (secondary N) is 1. The first-order chi connectivity index (χ1) is 9.40. The summed E-state index contributed by atoms with van der Waals surface area (Å²) < 4.78 is 27.1. The zero-order valence-corrected chi connectivity index (χ0v) is 12.7. The van der Waals surface area contributed by atoms with Gasteiger partial charge in [-0.2, -0.15) is 0 Å². The van der Waals surface area contributed by atoms with E-state index in [1.807, 2.05) is 0 Å². The number of hydrogen-bond acceptors (Lipinski definition) is 5. The average Bonchev–Trinajstić information content (AvgIpc) is 2.92. The van der Waals surface area contributed by atoms with Gasteiger partial charge in [-0.3, -0.25) is 4.79 Å². The number of hydrogen-bond donors (Lipinski definition) is 1. The normalized spacial score (nSPS) is 13.1. The second-order valence-electron chi connectivity index (χ2n) is 4.30. The zero-order valence-electron chi connectivity index (χ0n) is 11.0. The van der Waals surface area contributed by atoms with Gasteiger partial charge in [-0.05, 0) is 26.0 Å². The standard InChI is InChI=1S/C13H14N2O3S2/c1-9(13-14-6-7-19-13)15-20(17,18)12-5-3-4-11(8-12)10(2)16/h3-9,15H,1-2H3. The fourth-order valence-electron chi connectivity index (χ4n) is 1.68. The number of carbonyl (C=O) groups is 1. The molecule has 0 aliphatic carbocycles. The van der Waals surface area contributed by atoms with Gasteiger partial charge in [0.25, 0.3) is 0 Å². The van der Waals surface area contributed by atoms with Gasteiger partial charge in [0.15, 0.2) is 5.78 Å². The van der Waals surface area contributed by atoms with Gasteiger partial charge in [-0.1, -0.05) is 12.1 Å². The maximum atomic E-state index is 12.3. The van der Waals surface area contributed by atoms with Crippen LogP contribution in [0.25, 0.3) is 0 Å². The molecule has 0 aliphatic heterocycles. The first kappa shape index (κ1) is 14.8. The van der Waals surface area contributed by atoms with Crippen molar-refractivity contribution >= 4 is 27.1 Å². The maximum absolute atomic E-state index is 12.3. The summed E-state index contributed by atoms with van der Waals surface area (Å²) in [4.78, 5) is 15.5. The van der Waals surface area contributed by atoms with Crippen molar-refractivity contribution in [3.8, 4) is 0 Å². The molecular weight excluding hydrogens is 296 g/mol. The molecule has 0 saturated carbocycles. The third-order valence-corrected chi connectivity index (χ3v) is 5.20. The fraction of sp³-hybridized carbons (Fsp3) is 0.231. The van der Waals surface area contributed by atoms with E-state index in [9.17, 15) is 13.2 Å². The van der Waals surface area contributed by atoms with Crippen LogP contribution in [0.15, 0.2) is 40.7 Å². The third kappa shape index (κ3) is 3.30. The number of thiazole rings is 1. The Morgan fingerprint density at radius 1 is 1.40 bits per heavy atom. The molecule has 0 radical (unpaired) electrons. The molecule has 2 rings (SSSR count). The molecule has 0 amide bonds. The first-order valence-electron chi connectivity index (χ1n) is 5.93. The second-order valence-corrected chi connectivity index (χ2v) is 6.94. The van der Waals surface area contributed by atoms with Crippen LogP contribution >= 0.6 is 11.3 Å². The molecule has 1 aromatic carbocycles. The van der Waals surface area contributed by atoms with E-state index in [-0.39, 0.29) is 10.7 Å². The van der Waals surface area contributed by atoms with Crippen LogP contribution in [0.5, 0.6) is 0 Å². The SMILES string of the molecule is CC(=O)c1cccc(S(=O)(=O)NC(C)c2nccs2)c1. The van der Waals surface area contributed by atoms with Crippen LogP contribution in [0.4, 0.5) is 0 Å². The fourth-order valence-corrected chi connectivity index (χ4v) is 3.66. The van der Waals surface area contributed by atoms with Crippen molar-refractivity contribution in [1.82, 2.24) is 9.71 Å². The van der Waals surface area contributed by atoms with Gasteiger partial charge < -0.3 is 0 Å². The maximum Gasteiger partial charge on any atom is 0.241 e. The molecule has 0 fully saturated rings. The molecule has 1 aromatic heterocycles. The summed E-state index contributed by atoms with van der Waals surface area (Å²) in [7, 11) is -3.68. The van der Waals surface area contributed by atoms with Crippen molar-refractivity contribution in [2.45, 2.75) is 24.8 Å². The average molecular weight is 310 g/mol. The van der Waals surface area contributed by atoms with Crippen LogP contribution in [-0.4, -0.2) is 19.2 Å². The Morgan fingerprint density at radius 3 is 2.75 bits per heavy atom. The molecule has 5 nitrogen and oxygen atoms in total. The minimum atomic E-state index is -3.68. The monoisotopic (exact) mass is 310 g/mol. The Hall–Kier alpha value is -1.57. The Labute approximate surface area is 121 Å². The lowest BCUT2D eigenvalue weighted by molar-refractivity contribution is 0.101. The minimum Gasteiger partial charge on any atom is -0.295 e. The molecule has 1 unspecified atom stereocenters. The van der Waals surface area contributed by atoms with E-state index in [0.717, 1.165) is 0 Å². The Balaban J connectivity index is 2.26. The minimum absolute atomic E-state index is 0.0774. The first-order valence-corrected chi connectivity index (χ1v) is 8.29. The molecule has 0 saturated heterocycles. The highest BCUT2D eigenvalue weighted by atomic mass is 32.2. The van der Waals surface area contributed by atoms with Crippen molar-refractivity contribution < 1.29 is 13.2 Å². The molecule has 1 heterocycles. The van der Waals surface area contributed by atoms with E-state index in [4.69, 9.17) is 0 Å². The van der Waals surface area contributed by atoms with Gasteiger partial charge in [0.05, 0.1) is 10.9 Å². The van der Waals surface area contributed by atoms with Crippen LogP contribution in [0, 0.1) is 0 Å². The van der Waals surface area contributed by atoms with E-state index >= 15 is 0 Å². The predicted octanol–water partition coefficient (Wildman–Crippen LogP) is 2.39. The lowest BCUT2D eigenvalue weighted by atomic mass is 10.2. The molecule has 0 bridgehead atoms. The summed E-state index contributed by atoms with van der Waals surface area (Å²) in [6.45, 7) is 3.13. The highest BCUT2D eigenvalue weighted by Gasteiger charge is 2.20. The highest BCUT2D eigenvalue weighted by Crippen LogP contribution is 2.19. The molecule has 0 spiro atoms. The number of aromatic nitrogens is 1. The number of ketones is 1. The quantitative estimate of drug-likeness (QED) is 0.860. The third-order valence-electron chi connectivity index (χ3n) is 2.70. The van der Waals surface area contributed by atoms with Crippen LogP contribution in [0.1, 0.15) is 35.3 Å². The van der Waals surface area contributed by atoms with Crippen LogP contribution in [0.3, 0.4) is 0 Å². The van der Waals surface area contributed by atoms with Crippen molar-refractivity contribution in [3.63, 3.8) is 0 Å². The summed E-state index contributed by atoms with van der Waals surface area (Å²) in [5.41, 5.74) is 0.370. The van der Waals surface area contributed by atoms with Crippen molar-refractivity contribution in [2.24, 2.45) is 0 Å².